The minimum atomic E-state index is -4.53. The molecule has 4 rings (SSSR count). The number of sulfonamides is 1. The number of carbonyl (C=O) groups is 1. The van der Waals surface area contributed by atoms with Crippen molar-refractivity contribution in [3.63, 3.8) is 0 Å². The van der Waals surface area contributed by atoms with Gasteiger partial charge in [-0.15, -0.1) is 0 Å². The summed E-state index contributed by atoms with van der Waals surface area (Å²) in [6.07, 6.45) is -3.24. The molecule has 0 radical (unpaired) electrons. The molecular weight excluding hydrogens is 447 g/mol. The Bertz CT molecular complexity index is 1130. The zero-order valence-electron chi connectivity index (χ0n) is 17.0. The van der Waals surface area contributed by atoms with Crippen molar-refractivity contribution in [3.8, 4) is 11.3 Å². The monoisotopic (exact) mass is 469 g/mol. The number of aliphatic carboxylic acids is 1. The van der Waals surface area contributed by atoms with E-state index in [4.69, 9.17) is 0 Å². The summed E-state index contributed by atoms with van der Waals surface area (Å²) in [7, 11) is -4.26. The number of nitrogens with one attached hydrogen (secondary N) is 1. The predicted molar refractivity (Wildman–Crippen MR) is 110 cm³/mol. The van der Waals surface area contributed by atoms with Crippen LogP contribution < -0.4 is 5.32 Å². The number of carboxylic acids is 1. The van der Waals surface area contributed by atoms with E-state index in [-0.39, 0.29) is 37.2 Å². The Morgan fingerprint density at radius 2 is 1.94 bits per heavy atom. The number of hydrogen-bond acceptors (Lipinski definition) is 5. The van der Waals surface area contributed by atoms with Crippen LogP contribution in [0, 0.1) is 0 Å². The van der Waals surface area contributed by atoms with Gasteiger partial charge in [0.15, 0.2) is 0 Å². The lowest BCUT2D eigenvalue weighted by molar-refractivity contribution is -0.140. The third kappa shape index (κ3) is 3.57. The van der Waals surface area contributed by atoms with Gasteiger partial charge >= 0.3 is 12.1 Å². The van der Waals surface area contributed by atoms with E-state index in [2.05, 4.69) is 10.3 Å². The average molecular weight is 469 g/mol. The normalized spacial score (nSPS) is 22.3. The zero-order chi connectivity index (χ0) is 23.1. The second-order valence-corrected chi connectivity index (χ2v) is 10.1. The number of rotatable bonds is 4. The topological polar surface area (TPSA) is 99.6 Å². The van der Waals surface area contributed by atoms with Crippen molar-refractivity contribution in [1.82, 2.24) is 14.6 Å². The van der Waals surface area contributed by atoms with Crippen molar-refractivity contribution < 1.29 is 31.5 Å². The predicted octanol–water partition coefficient (Wildman–Crippen LogP) is 2.62. The summed E-state index contributed by atoms with van der Waals surface area (Å²) < 4.78 is 65.0. The number of halogens is 3. The minimum absolute atomic E-state index is 0.151. The molecule has 172 valence electrons. The van der Waals surface area contributed by atoms with E-state index in [1.807, 2.05) is 0 Å². The first-order chi connectivity index (χ1) is 15.1. The number of carboxylic acid groups (broad SMARTS) is 1. The maximum Gasteiger partial charge on any atom is 0.417 e. The molecule has 0 bridgehead atoms. The molecule has 2 heterocycles. The van der Waals surface area contributed by atoms with Crippen molar-refractivity contribution in [1.29, 1.82) is 0 Å². The van der Waals surface area contributed by atoms with Crippen LogP contribution in [0.4, 0.5) is 13.2 Å². The van der Waals surface area contributed by atoms with E-state index in [1.54, 1.807) is 6.07 Å². The maximum absolute atomic E-state index is 13.6. The number of aromatic nitrogens is 1. The molecule has 1 aliphatic heterocycles. The SMILES string of the molecule is O=C(O)C1(S(=O)(=O)N2CCCNCC2)CCc2c(-c3ccc(C(F)(F)F)cn3)cccc21. The number of alkyl halides is 3. The fourth-order valence-electron chi connectivity index (χ4n) is 4.51. The Balaban J connectivity index is 1.81. The molecule has 1 unspecified atom stereocenters. The van der Waals surface area contributed by atoms with Crippen LogP contribution >= 0.6 is 0 Å². The van der Waals surface area contributed by atoms with Gasteiger partial charge in [-0.2, -0.15) is 17.5 Å². The molecule has 1 atom stereocenters. The summed E-state index contributed by atoms with van der Waals surface area (Å²) in [6.45, 7) is 1.47. The van der Waals surface area contributed by atoms with E-state index in [1.165, 1.54) is 22.5 Å². The first-order valence-electron chi connectivity index (χ1n) is 10.2. The summed E-state index contributed by atoms with van der Waals surface area (Å²) in [5, 5.41) is 13.3. The molecule has 2 aromatic rings. The lowest BCUT2D eigenvalue weighted by Gasteiger charge is -2.32. The molecule has 0 amide bonds. The van der Waals surface area contributed by atoms with E-state index in [9.17, 15) is 31.5 Å². The van der Waals surface area contributed by atoms with Crippen molar-refractivity contribution in [2.45, 2.75) is 30.2 Å². The molecule has 2 N–H and O–H groups in total. The molecule has 1 saturated heterocycles. The Morgan fingerprint density at radius 1 is 1.16 bits per heavy atom. The molecule has 2 aliphatic rings. The minimum Gasteiger partial charge on any atom is -0.480 e. The lowest BCUT2D eigenvalue weighted by atomic mass is 9.96. The summed E-state index contributed by atoms with van der Waals surface area (Å²) in [5.41, 5.74) is 0.408. The zero-order valence-corrected chi connectivity index (χ0v) is 17.8. The third-order valence-corrected chi connectivity index (χ3v) is 8.65. The quantitative estimate of drug-likeness (QED) is 0.714. The molecule has 1 aromatic carbocycles. The summed E-state index contributed by atoms with van der Waals surface area (Å²) in [6, 6.07) is 6.75. The highest BCUT2D eigenvalue weighted by molar-refractivity contribution is 7.90. The molecule has 0 saturated carbocycles. The highest BCUT2D eigenvalue weighted by Crippen LogP contribution is 2.48. The van der Waals surface area contributed by atoms with Crippen LogP contribution in [-0.2, 0) is 32.2 Å². The van der Waals surface area contributed by atoms with Gasteiger partial charge in [-0.1, -0.05) is 18.2 Å². The van der Waals surface area contributed by atoms with Gasteiger partial charge in [0, 0.05) is 31.4 Å². The van der Waals surface area contributed by atoms with E-state index >= 15 is 0 Å². The van der Waals surface area contributed by atoms with Crippen LogP contribution in [0.5, 0.6) is 0 Å². The Labute approximate surface area is 183 Å². The van der Waals surface area contributed by atoms with Crippen LogP contribution in [0.1, 0.15) is 29.5 Å². The van der Waals surface area contributed by atoms with E-state index in [0.29, 0.717) is 30.6 Å². The molecule has 7 nitrogen and oxygen atoms in total. The van der Waals surface area contributed by atoms with Crippen LogP contribution in [0.25, 0.3) is 11.3 Å². The number of hydrogen-bond donors (Lipinski definition) is 2. The van der Waals surface area contributed by atoms with Gasteiger partial charge in [0.2, 0.25) is 14.8 Å². The summed E-state index contributed by atoms with van der Waals surface area (Å²) >= 11 is 0. The van der Waals surface area contributed by atoms with E-state index in [0.717, 1.165) is 12.3 Å². The van der Waals surface area contributed by atoms with Gasteiger partial charge in [-0.05, 0) is 49.1 Å². The third-order valence-electron chi connectivity index (χ3n) is 6.13. The molecule has 11 heteroatoms. The number of pyridine rings is 1. The molecule has 0 spiro atoms. The van der Waals surface area contributed by atoms with Crippen LogP contribution in [0.2, 0.25) is 0 Å². The molecule has 1 aromatic heterocycles. The Kier molecular flexibility index (Phi) is 5.76. The summed E-state index contributed by atoms with van der Waals surface area (Å²) in [5.74, 6) is -1.45. The van der Waals surface area contributed by atoms with Crippen LogP contribution in [0.3, 0.4) is 0 Å². The Morgan fingerprint density at radius 3 is 2.59 bits per heavy atom. The smallest absolute Gasteiger partial charge is 0.417 e. The maximum atomic E-state index is 13.6. The van der Waals surface area contributed by atoms with Gasteiger partial charge in [0.05, 0.1) is 11.3 Å². The largest absolute Gasteiger partial charge is 0.480 e. The van der Waals surface area contributed by atoms with Crippen molar-refractivity contribution in [2.24, 2.45) is 0 Å². The van der Waals surface area contributed by atoms with Crippen molar-refractivity contribution in [3.05, 3.63) is 53.2 Å². The van der Waals surface area contributed by atoms with Gasteiger partial charge < -0.3 is 10.4 Å². The second kappa shape index (κ2) is 8.13. The van der Waals surface area contributed by atoms with Crippen molar-refractivity contribution in [2.75, 3.05) is 26.2 Å². The molecule has 1 aliphatic carbocycles. The highest BCUT2D eigenvalue weighted by atomic mass is 32.2. The van der Waals surface area contributed by atoms with Gasteiger partial charge in [0.25, 0.3) is 0 Å². The van der Waals surface area contributed by atoms with Gasteiger partial charge in [0.1, 0.15) is 0 Å². The van der Waals surface area contributed by atoms with Gasteiger partial charge in [-0.3, -0.25) is 9.78 Å². The summed E-state index contributed by atoms with van der Waals surface area (Å²) in [4.78, 5) is 16.4. The Hall–Kier alpha value is -2.50. The average Bonchev–Trinajstić information content (AvgIpc) is 2.94. The number of benzene rings is 1. The van der Waals surface area contributed by atoms with Crippen LogP contribution in [-0.4, -0.2) is 55.0 Å². The fourth-order valence-corrected chi connectivity index (χ4v) is 6.70. The van der Waals surface area contributed by atoms with Crippen molar-refractivity contribution >= 4 is 16.0 Å². The second-order valence-electron chi connectivity index (χ2n) is 7.90. The van der Waals surface area contributed by atoms with Crippen LogP contribution in [0.15, 0.2) is 36.5 Å². The fraction of sp³-hybridized carbons (Fsp3) is 0.429. The first-order valence-corrected chi connectivity index (χ1v) is 11.6. The first kappa shape index (κ1) is 22.7. The van der Waals surface area contributed by atoms with E-state index < -0.39 is 32.5 Å². The lowest BCUT2D eigenvalue weighted by Crippen LogP contribution is -2.51. The highest BCUT2D eigenvalue weighted by Gasteiger charge is 2.58. The standard InChI is InChI=1S/C21H22F3N3O4S/c22-21(23,24)14-5-6-18(26-13-14)16-3-1-4-17-15(16)7-8-20(17,19(28)29)32(30,31)27-11-2-9-25-10-12-27/h1,3-6,13,25H,2,7-12H2,(H,28,29). The number of fused-ring (bicyclic) bond motifs is 1. The van der Waals surface area contributed by atoms with Gasteiger partial charge in [-0.25, -0.2) is 8.42 Å². The molecule has 32 heavy (non-hydrogen) atoms. The molecular formula is C21H22F3N3O4S. The number of nitrogens with zero attached hydrogens (tertiary/aromatic N) is 2. The molecule has 1 fully saturated rings.